The van der Waals surface area contributed by atoms with E-state index in [0.717, 1.165) is 17.3 Å². The predicted molar refractivity (Wildman–Crippen MR) is 58.3 cm³/mol. The van der Waals surface area contributed by atoms with Crippen LogP contribution in [0.3, 0.4) is 0 Å². The van der Waals surface area contributed by atoms with Gasteiger partial charge in [-0.25, -0.2) is 0 Å². The molecule has 1 aromatic rings. The van der Waals surface area contributed by atoms with E-state index in [0.29, 0.717) is 11.7 Å². The Morgan fingerprint density at radius 1 is 1.73 bits per heavy atom. The molecular formula is C10H10BrN3O. The number of halogens is 1. The molecule has 0 atom stereocenters. The standard InChI is InChI=1S/C10H10BrN3O/c11-7-5-9(10(15)13-4-3-12)14(6-7)8-1-2-8/h5-6,8H,1-2,4H2,(H,13,15). The number of amides is 1. The SMILES string of the molecule is N#CCNC(=O)c1cc(Br)cn1C1CC1. The Labute approximate surface area is 96.0 Å². The summed E-state index contributed by atoms with van der Waals surface area (Å²) in [6.07, 6.45) is 4.16. The summed E-state index contributed by atoms with van der Waals surface area (Å²) >= 11 is 3.35. The lowest BCUT2D eigenvalue weighted by atomic mass is 10.4. The number of nitrogens with one attached hydrogen (secondary N) is 1. The van der Waals surface area contributed by atoms with Crippen molar-refractivity contribution in [2.45, 2.75) is 18.9 Å². The minimum absolute atomic E-state index is 0.0479. The maximum Gasteiger partial charge on any atom is 0.268 e. The van der Waals surface area contributed by atoms with Gasteiger partial charge in [0.05, 0.1) is 6.07 Å². The van der Waals surface area contributed by atoms with Crippen LogP contribution in [-0.2, 0) is 0 Å². The Morgan fingerprint density at radius 2 is 2.47 bits per heavy atom. The van der Waals surface area contributed by atoms with E-state index in [1.807, 2.05) is 16.8 Å². The third-order valence-electron chi connectivity index (χ3n) is 2.32. The summed E-state index contributed by atoms with van der Waals surface area (Å²) in [5.41, 5.74) is 0.625. The molecule has 0 spiro atoms. The number of aromatic nitrogens is 1. The number of rotatable bonds is 3. The first-order chi connectivity index (χ1) is 7.22. The molecule has 1 amide bonds. The molecule has 1 N–H and O–H groups in total. The smallest absolute Gasteiger partial charge is 0.268 e. The summed E-state index contributed by atoms with van der Waals surface area (Å²) in [7, 11) is 0. The fraction of sp³-hybridized carbons (Fsp3) is 0.400. The summed E-state index contributed by atoms with van der Waals surface area (Å²) in [5.74, 6) is -0.186. The first-order valence-electron chi connectivity index (χ1n) is 4.75. The van der Waals surface area contributed by atoms with Gasteiger partial charge in [0.25, 0.3) is 5.91 Å². The summed E-state index contributed by atoms with van der Waals surface area (Å²) < 4.78 is 2.87. The summed E-state index contributed by atoms with van der Waals surface area (Å²) in [5, 5.41) is 10.9. The number of hydrogen-bond donors (Lipinski definition) is 1. The quantitative estimate of drug-likeness (QED) is 0.850. The highest BCUT2D eigenvalue weighted by Crippen LogP contribution is 2.37. The molecule has 1 saturated carbocycles. The van der Waals surface area contributed by atoms with Crippen LogP contribution in [0.4, 0.5) is 0 Å². The molecule has 0 radical (unpaired) electrons. The van der Waals surface area contributed by atoms with Gasteiger partial charge in [-0.05, 0) is 34.8 Å². The lowest BCUT2D eigenvalue weighted by Crippen LogP contribution is -2.25. The lowest BCUT2D eigenvalue weighted by molar-refractivity contribution is 0.0949. The summed E-state index contributed by atoms with van der Waals surface area (Å²) in [6, 6.07) is 4.13. The van der Waals surface area contributed by atoms with E-state index in [9.17, 15) is 4.79 Å². The maximum atomic E-state index is 11.7. The Hall–Kier alpha value is -1.28. The van der Waals surface area contributed by atoms with Crippen LogP contribution < -0.4 is 5.32 Å². The molecule has 1 fully saturated rings. The average Bonchev–Trinajstić information content (AvgIpc) is 2.98. The molecule has 1 aliphatic rings. The van der Waals surface area contributed by atoms with Gasteiger partial charge in [0.2, 0.25) is 0 Å². The lowest BCUT2D eigenvalue weighted by Gasteiger charge is -2.05. The van der Waals surface area contributed by atoms with Crippen molar-refractivity contribution in [1.29, 1.82) is 5.26 Å². The van der Waals surface area contributed by atoms with Gasteiger partial charge in [0.1, 0.15) is 12.2 Å². The second-order valence-electron chi connectivity index (χ2n) is 3.52. The maximum absolute atomic E-state index is 11.7. The third-order valence-corrected chi connectivity index (χ3v) is 2.75. The zero-order valence-corrected chi connectivity index (χ0v) is 9.62. The molecule has 1 aromatic heterocycles. The van der Waals surface area contributed by atoms with Crippen LogP contribution in [0.5, 0.6) is 0 Å². The second-order valence-corrected chi connectivity index (χ2v) is 4.44. The van der Waals surface area contributed by atoms with Crippen LogP contribution in [0, 0.1) is 11.3 Å². The molecule has 5 heteroatoms. The van der Waals surface area contributed by atoms with Gasteiger partial charge in [-0.1, -0.05) is 0 Å². The molecule has 0 unspecified atom stereocenters. The molecule has 1 aliphatic carbocycles. The first-order valence-corrected chi connectivity index (χ1v) is 5.54. The van der Waals surface area contributed by atoms with Gasteiger partial charge in [-0.3, -0.25) is 4.79 Å². The van der Waals surface area contributed by atoms with Crippen molar-refractivity contribution in [3.8, 4) is 6.07 Å². The van der Waals surface area contributed by atoms with Crippen molar-refractivity contribution in [2.75, 3.05) is 6.54 Å². The van der Waals surface area contributed by atoms with Crippen LogP contribution in [0.25, 0.3) is 0 Å². The summed E-state index contributed by atoms with van der Waals surface area (Å²) in [6.45, 7) is 0.0479. The van der Waals surface area contributed by atoms with Crippen LogP contribution in [0.1, 0.15) is 29.4 Å². The van der Waals surface area contributed by atoms with E-state index in [1.165, 1.54) is 0 Å². The molecule has 1 heterocycles. The molecule has 0 saturated heterocycles. The molecule has 4 nitrogen and oxygen atoms in total. The van der Waals surface area contributed by atoms with E-state index in [1.54, 1.807) is 6.07 Å². The normalized spacial score (nSPS) is 14.7. The van der Waals surface area contributed by atoms with Gasteiger partial charge in [-0.15, -0.1) is 0 Å². The number of carbonyl (C=O) groups excluding carboxylic acids is 1. The van der Waals surface area contributed by atoms with E-state index in [-0.39, 0.29) is 12.5 Å². The van der Waals surface area contributed by atoms with Crippen LogP contribution in [0.2, 0.25) is 0 Å². The van der Waals surface area contributed by atoms with E-state index in [4.69, 9.17) is 5.26 Å². The van der Waals surface area contributed by atoms with Crippen molar-refractivity contribution in [2.24, 2.45) is 0 Å². The Bertz CT molecular complexity index is 428. The van der Waals surface area contributed by atoms with Crippen LogP contribution in [0.15, 0.2) is 16.7 Å². The van der Waals surface area contributed by atoms with Crippen molar-refractivity contribution in [3.63, 3.8) is 0 Å². The van der Waals surface area contributed by atoms with Gasteiger partial charge in [0, 0.05) is 16.7 Å². The number of hydrogen-bond acceptors (Lipinski definition) is 2. The van der Waals surface area contributed by atoms with Gasteiger partial charge in [0.15, 0.2) is 0 Å². The highest BCUT2D eigenvalue weighted by molar-refractivity contribution is 9.10. The highest BCUT2D eigenvalue weighted by atomic mass is 79.9. The Morgan fingerprint density at radius 3 is 3.07 bits per heavy atom. The molecule has 2 rings (SSSR count). The topological polar surface area (TPSA) is 57.8 Å². The molecule has 15 heavy (non-hydrogen) atoms. The fourth-order valence-corrected chi connectivity index (χ4v) is 1.93. The van der Waals surface area contributed by atoms with Crippen LogP contribution >= 0.6 is 15.9 Å². The highest BCUT2D eigenvalue weighted by Gasteiger charge is 2.27. The minimum Gasteiger partial charge on any atom is -0.339 e. The van der Waals surface area contributed by atoms with Crippen molar-refractivity contribution >= 4 is 21.8 Å². The van der Waals surface area contributed by atoms with Crippen molar-refractivity contribution in [3.05, 3.63) is 22.4 Å². The van der Waals surface area contributed by atoms with Crippen molar-refractivity contribution < 1.29 is 4.79 Å². The Kier molecular flexibility index (Phi) is 2.78. The monoisotopic (exact) mass is 267 g/mol. The van der Waals surface area contributed by atoms with E-state index in [2.05, 4.69) is 21.2 Å². The fourth-order valence-electron chi connectivity index (χ4n) is 1.49. The zero-order valence-electron chi connectivity index (χ0n) is 8.03. The van der Waals surface area contributed by atoms with Gasteiger partial charge < -0.3 is 9.88 Å². The van der Waals surface area contributed by atoms with Crippen LogP contribution in [-0.4, -0.2) is 17.0 Å². The second kappa shape index (κ2) is 4.07. The average molecular weight is 268 g/mol. The number of nitriles is 1. The molecule has 0 aliphatic heterocycles. The van der Waals surface area contributed by atoms with E-state index >= 15 is 0 Å². The van der Waals surface area contributed by atoms with Gasteiger partial charge in [-0.2, -0.15) is 5.26 Å². The number of carbonyl (C=O) groups is 1. The van der Waals surface area contributed by atoms with E-state index < -0.39 is 0 Å². The summed E-state index contributed by atoms with van der Waals surface area (Å²) in [4.78, 5) is 11.7. The number of nitrogens with zero attached hydrogens (tertiary/aromatic N) is 2. The molecule has 0 bridgehead atoms. The molecule has 0 aromatic carbocycles. The minimum atomic E-state index is -0.186. The van der Waals surface area contributed by atoms with Gasteiger partial charge >= 0.3 is 0 Å². The Balaban J connectivity index is 2.19. The predicted octanol–water partition coefficient (Wildman–Crippen LogP) is 1.84. The third kappa shape index (κ3) is 2.21. The van der Waals surface area contributed by atoms with Crippen molar-refractivity contribution in [1.82, 2.24) is 9.88 Å². The first kappa shape index (κ1) is 10.2. The molecule has 78 valence electrons. The molecular weight excluding hydrogens is 258 g/mol. The zero-order chi connectivity index (χ0) is 10.8. The largest absolute Gasteiger partial charge is 0.339 e.